The highest BCUT2D eigenvalue weighted by molar-refractivity contribution is 5.84. The van der Waals surface area contributed by atoms with Crippen LogP contribution in [0.25, 0.3) is 0 Å². The molecule has 1 fully saturated rings. The molecule has 2 amide bonds. The van der Waals surface area contributed by atoms with Crippen molar-refractivity contribution in [3.05, 3.63) is 24.3 Å². The Morgan fingerprint density at radius 2 is 1.52 bits per heavy atom. The van der Waals surface area contributed by atoms with E-state index in [0.717, 1.165) is 32.1 Å². The number of allylic oxidation sites excluding steroid dienone is 4. The standard InChI is InChI=1S/C25H42F3N3O2/c1-2-3-4-5-6-7-8-9-10-11-12-13-14-15-16-17-18-29-23(32)22-19-21(20-30-22)31-24(33)25(26,27)28/h6-7,9-10,21-22,30H,2-5,8,11-20H2,1H3,(H,29,32)(H,31,33)/b7-6-,10-9-/t21-,22-/m0/s1. The van der Waals surface area contributed by atoms with Crippen molar-refractivity contribution < 1.29 is 22.8 Å². The molecule has 8 heteroatoms. The van der Waals surface area contributed by atoms with Gasteiger partial charge in [0.15, 0.2) is 0 Å². The Morgan fingerprint density at radius 1 is 0.909 bits per heavy atom. The molecule has 0 aromatic carbocycles. The molecule has 0 aromatic heterocycles. The summed E-state index contributed by atoms with van der Waals surface area (Å²) in [5.74, 6) is -2.18. The molecule has 0 bridgehead atoms. The average Bonchev–Trinajstić information content (AvgIpc) is 3.23. The zero-order chi connectivity index (χ0) is 24.4. The van der Waals surface area contributed by atoms with E-state index in [1.807, 2.05) is 5.32 Å². The zero-order valence-electron chi connectivity index (χ0n) is 20.0. The Bertz CT molecular complexity index is 606. The lowest BCUT2D eigenvalue weighted by atomic mass is 10.1. The van der Waals surface area contributed by atoms with Crippen LogP contribution in [0.15, 0.2) is 24.3 Å². The van der Waals surface area contributed by atoms with E-state index in [-0.39, 0.29) is 18.9 Å². The van der Waals surface area contributed by atoms with Gasteiger partial charge in [-0.05, 0) is 44.9 Å². The van der Waals surface area contributed by atoms with Gasteiger partial charge in [0, 0.05) is 19.1 Å². The molecule has 1 saturated heterocycles. The van der Waals surface area contributed by atoms with Crippen LogP contribution in [0.4, 0.5) is 13.2 Å². The summed E-state index contributed by atoms with van der Waals surface area (Å²) in [5, 5.41) is 7.61. The lowest BCUT2D eigenvalue weighted by Gasteiger charge is -2.14. The van der Waals surface area contributed by atoms with Gasteiger partial charge in [0.25, 0.3) is 0 Å². The fourth-order valence-electron chi connectivity index (χ4n) is 3.76. The van der Waals surface area contributed by atoms with E-state index in [0.29, 0.717) is 6.54 Å². The molecule has 0 aromatic rings. The van der Waals surface area contributed by atoms with Gasteiger partial charge in [-0.25, -0.2) is 0 Å². The minimum absolute atomic E-state index is 0.158. The highest BCUT2D eigenvalue weighted by Gasteiger charge is 2.41. The maximum absolute atomic E-state index is 12.3. The smallest absolute Gasteiger partial charge is 0.355 e. The highest BCUT2D eigenvalue weighted by Crippen LogP contribution is 2.16. The molecule has 0 saturated carbocycles. The molecule has 1 aliphatic heterocycles. The van der Waals surface area contributed by atoms with Crippen molar-refractivity contribution in [3.8, 4) is 0 Å². The third kappa shape index (κ3) is 14.8. The van der Waals surface area contributed by atoms with E-state index in [1.165, 1.54) is 44.9 Å². The number of unbranched alkanes of at least 4 members (excludes halogenated alkanes) is 9. The molecule has 0 aliphatic carbocycles. The minimum Gasteiger partial charge on any atom is -0.355 e. The van der Waals surface area contributed by atoms with E-state index in [1.54, 1.807) is 0 Å². The summed E-state index contributed by atoms with van der Waals surface area (Å²) in [6.07, 6.45) is 18.2. The van der Waals surface area contributed by atoms with Crippen molar-refractivity contribution in [2.75, 3.05) is 13.1 Å². The van der Waals surface area contributed by atoms with Gasteiger partial charge in [0.2, 0.25) is 5.91 Å². The van der Waals surface area contributed by atoms with Crippen LogP contribution in [0.1, 0.15) is 90.4 Å². The van der Waals surface area contributed by atoms with Crippen molar-refractivity contribution in [1.29, 1.82) is 0 Å². The predicted octanol–water partition coefficient (Wildman–Crippen LogP) is 5.33. The van der Waals surface area contributed by atoms with Crippen LogP contribution in [0, 0.1) is 0 Å². The minimum atomic E-state index is -4.90. The molecular weight excluding hydrogens is 431 g/mol. The van der Waals surface area contributed by atoms with Crippen LogP contribution in [0.3, 0.4) is 0 Å². The summed E-state index contributed by atoms with van der Waals surface area (Å²) in [7, 11) is 0. The Kier molecular flexibility index (Phi) is 15.6. The lowest BCUT2D eigenvalue weighted by molar-refractivity contribution is -0.174. The van der Waals surface area contributed by atoms with E-state index < -0.39 is 24.2 Å². The van der Waals surface area contributed by atoms with E-state index >= 15 is 0 Å². The molecular formula is C25H42F3N3O2. The maximum atomic E-state index is 12.3. The number of carbonyl (C=O) groups is 2. The molecule has 1 heterocycles. The Balaban J connectivity index is 1.93. The van der Waals surface area contributed by atoms with Crippen LogP contribution in [-0.4, -0.2) is 43.2 Å². The van der Waals surface area contributed by atoms with Gasteiger partial charge < -0.3 is 16.0 Å². The second-order valence-corrected chi connectivity index (χ2v) is 8.74. The quantitative estimate of drug-likeness (QED) is 0.198. The second kappa shape index (κ2) is 17.6. The van der Waals surface area contributed by atoms with Gasteiger partial charge >= 0.3 is 12.1 Å². The van der Waals surface area contributed by atoms with Gasteiger partial charge in [-0.1, -0.05) is 69.8 Å². The summed E-state index contributed by atoms with van der Waals surface area (Å²) in [4.78, 5) is 23.1. The number of carbonyl (C=O) groups excluding carboxylic acids is 2. The van der Waals surface area contributed by atoms with Gasteiger partial charge in [-0.2, -0.15) is 13.2 Å². The van der Waals surface area contributed by atoms with Crippen molar-refractivity contribution >= 4 is 11.8 Å². The van der Waals surface area contributed by atoms with Crippen molar-refractivity contribution in [1.82, 2.24) is 16.0 Å². The first-order chi connectivity index (χ1) is 15.8. The third-order valence-electron chi connectivity index (χ3n) is 5.72. The number of rotatable bonds is 17. The van der Waals surface area contributed by atoms with Crippen LogP contribution < -0.4 is 16.0 Å². The largest absolute Gasteiger partial charge is 0.471 e. The summed E-state index contributed by atoms with van der Waals surface area (Å²) in [6.45, 7) is 2.94. The molecule has 1 rings (SSSR count). The molecule has 5 nitrogen and oxygen atoms in total. The summed E-state index contributed by atoms with van der Waals surface area (Å²) in [6, 6.07) is -1.25. The number of amides is 2. The average molecular weight is 474 g/mol. The van der Waals surface area contributed by atoms with Crippen molar-refractivity contribution in [2.45, 2.75) is 109 Å². The van der Waals surface area contributed by atoms with Crippen molar-refractivity contribution in [2.24, 2.45) is 0 Å². The number of halogens is 3. The predicted molar refractivity (Wildman–Crippen MR) is 127 cm³/mol. The number of hydrogen-bond acceptors (Lipinski definition) is 3. The first-order valence-electron chi connectivity index (χ1n) is 12.5. The normalized spacial score (nSPS) is 18.9. The highest BCUT2D eigenvalue weighted by atomic mass is 19.4. The molecule has 0 radical (unpaired) electrons. The zero-order valence-corrected chi connectivity index (χ0v) is 20.0. The van der Waals surface area contributed by atoms with Gasteiger partial charge in [0.1, 0.15) is 0 Å². The SMILES string of the molecule is CCCCC/C=C\C/C=C\CCCCCCCCNC(=O)[C@@H]1C[C@H](NC(=O)C(F)(F)F)CN1. The van der Waals surface area contributed by atoms with E-state index in [4.69, 9.17) is 0 Å². The number of alkyl halides is 3. The third-order valence-corrected chi connectivity index (χ3v) is 5.72. The maximum Gasteiger partial charge on any atom is 0.471 e. The second-order valence-electron chi connectivity index (χ2n) is 8.74. The van der Waals surface area contributed by atoms with Crippen LogP contribution in [0.2, 0.25) is 0 Å². The molecule has 0 spiro atoms. The fraction of sp³-hybridized carbons (Fsp3) is 0.760. The fourth-order valence-corrected chi connectivity index (χ4v) is 3.76. The van der Waals surface area contributed by atoms with E-state index in [9.17, 15) is 22.8 Å². The van der Waals surface area contributed by atoms with Gasteiger partial charge in [0.05, 0.1) is 6.04 Å². The van der Waals surface area contributed by atoms with Crippen LogP contribution >= 0.6 is 0 Å². The molecule has 0 unspecified atom stereocenters. The Labute approximate surface area is 197 Å². The molecule has 190 valence electrons. The molecule has 2 atom stereocenters. The first kappa shape index (κ1) is 29.2. The van der Waals surface area contributed by atoms with Crippen molar-refractivity contribution in [3.63, 3.8) is 0 Å². The first-order valence-corrected chi connectivity index (χ1v) is 12.5. The molecule has 33 heavy (non-hydrogen) atoms. The molecule has 3 N–H and O–H groups in total. The Hall–Kier alpha value is -1.83. The summed E-state index contributed by atoms with van der Waals surface area (Å²) < 4.78 is 36.9. The van der Waals surface area contributed by atoms with Crippen LogP contribution in [-0.2, 0) is 9.59 Å². The summed E-state index contributed by atoms with van der Waals surface area (Å²) >= 11 is 0. The van der Waals surface area contributed by atoms with Crippen LogP contribution in [0.5, 0.6) is 0 Å². The summed E-state index contributed by atoms with van der Waals surface area (Å²) in [5.41, 5.74) is 0. The lowest BCUT2D eigenvalue weighted by Crippen LogP contribution is -2.44. The topological polar surface area (TPSA) is 70.2 Å². The number of nitrogens with one attached hydrogen (secondary N) is 3. The Morgan fingerprint density at radius 3 is 2.15 bits per heavy atom. The van der Waals surface area contributed by atoms with E-state index in [2.05, 4.69) is 41.9 Å². The molecule has 1 aliphatic rings. The number of hydrogen-bond donors (Lipinski definition) is 3. The van der Waals surface area contributed by atoms with Gasteiger partial charge in [-0.15, -0.1) is 0 Å². The van der Waals surface area contributed by atoms with Gasteiger partial charge in [-0.3, -0.25) is 9.59 Å². The monoisotopic (exact) mass is 473 g/mol.